The number of carbonyl (C=O) groups excluding carboxylic acids is 1. The predicted octanol–water partition coefficient (Wildman–Crippen LogP) is 6.03. The fourth-order valence-electron chi connectivity index (χ4n) is 5.54. The van der Waals surface area contributed by atoms with Crippen LogP contribution in [0.4, 0.5) is 35.0 Å². The highest BCUT2D eigenvalue weighted by atomic mass is 32.2. The van der Waals surface area contributed by atoms with Crippen LogP contribution in [0.15, 0.2) is 96.2 Å². The molecule has 12 nitrogen and oxygen atoms in total. The first-order valence-corrected chi connectivity index (χ1v) is 17.3. The second-order valence-electron chi connectivity index (χ2n) is 11.8. The topological polar surface area (TPSA) is 151 Å². The molecule has 1 aliphatic carbocycles. The van der Waals surface area contributed by atoms with Gasteiger partial charge in [0.05, 0.1) is 16.6 Å². The van der Waals surface area contributed by atoms with E-state index < -0.39 is 28.2 Å². The number of hydroxylamine groups is 1. The Morgan fingerprint density at radius 3 is 2.33 bits per heavy atom. The molecule has 6 rings (SSSR count). The Kier molecular flexibility index (Phi) is 10.7. The summed E-state index contributed by atoms with van der Waals surface area (Å²) in [6, 6.07) is 19.2. The highest BCUT2D eigenvalue weighted by Gasteiger charge is 2.46. The molecular weight excluding hydrogens is 692 g/mol. The number of hydrogen-bond acceptors (Lipinski definition) is 11. The summed E-state index contributed by atoms with van der Waals surface area (Å²) in [6.07, 6.45) is -1.12. The molecule has 3 heterocycles. The van der Waals surface area contributed by atoms with E-state index in [0.717, 1.165) is 11.1 Å². The number of nitrogens with one attached hydrogen (secondary N) is 3. The summed E-state index contributed by atoms with van der Waals surface area (Å²) in [4.78, 5) is 33.4. The highest BCUT2D eigenvalue weighted by molar-refractivity contribution is 7.89. The quantitative estimate of drug-likeness (QED) is 0.102. The van der Waals surface area contributed by atoms with Crippen molar-refractivity contribution in [3.05, 3.63) is 108 Å². The average molecular weight is 725 g/mol. The first-order valence-electron chi connectivity index (χ1n) is 15.9. The number of carbonyl (C=O) groups is 1. The smallest absolute Gasteiger partial charge is 0.350 e. The van der Waals surface area contributed by atoms with E-state index in [1.807, 2.05) is 24.3 Å². The van der Waals surface area contributed by atoms with E-state index in [1.165, 1.54) is 42.6 Å². The summed E-state index contributed by atoms with van der Waals surface area (Å²) in [5, 5.41) is 10.3. The number of hydrogen-bond donors (Lipinski definition) is 3. The van der Waals surface area contributed by atoms with E-state index in [9.17, 15) is 30.8 Å². The Hall–Kier alpha value is -5.26. The van der Waals surface area contributed by atoms with Gasteiger partial charge in [-0.05, 0) is 102 Å². The van der Waals surface area contributed by atoms with Crippen LogP contribution in [0.3, 0.4) is 0 Å². The third-order valence-corrected chi connectivity index (χ3v) is 9.89. The van der Waals surface area contributed by atoms with Gasteiger partial charge >= 0.3 is 12.1 Å². The molecule has 3 aromatic heterocycles. The molecule has 1 saturated carbocycles. The second-order valence-corrected chi connectivity index (χ2v) is 13.6. The summed E-state index contributed by atoms with van der Waals surface area (Å²) >= 11 is 0. The van der Waals surface area contributed by atoms with E-state index in [4.69, 9.17) is 0 Å². The number of pyridine rings is 2. The van der Waals surface area contributed by atoms with Crippen molar-refractivity contribution in [3.63, 3.8) is 0 Å². The normalized spacial score (nSPS) is 16.6. The molecule has 1 fully saturated rings. The van der Waals surface area contributed by atoms with Gasteiger partial charge in [-0.15, -0.1) is 0 Å². The van der Waals surface area contributed by atoms with Crippen LogP contribution >= 0.6 is 0 Å². The molecule has 5 aromatic rings. The van der Waals surface area contributed by atoms with Crippen molar-refractivity contribution in [2.24, 2.45) is 0 Å². The van der Waals surface area contributed by atoms with E-state index >= 15 is 0 Å². The van der Waals surface area contributed by atoms with Crippen LogP contribution < -0.4 is 16.0 Å². The molecule has 266 valence electrons. The van der Waals surface area contributed by atoms with Gasteiger partial charge < -0.3 is 20.8 Å². The molecule has 17 heteroatoms. The Labute approximate surface area is 290 Å². The number of halogens is 4. The lowest BCUT2D eigenvalue weighted by Gasteiger charge is -2.34. The fraction of sp³-hybridized carbons (Fsp3) is 0.265. The Morgan fingerprint density at radius 2 is 1.61 bits per heavy atom. The monoisotopic (exact) mass is 724 g/mol. The Bertz CT molecular complexity index is 2080. The summed E-state index contributed by atoms with van der Waals surface area (Å²) in [7, 11) is -4.70. The Morgan fingerprint density at radius 1 is 0.863 bits per heavy atom. The van der Waals surface area contributed by atoms with Crippen LogP contribution in [0.25, 0.3) is 11.0 Å². The van der Waals surface area contributed by atoms with Gasteiger partial charge in [0, 0.05) is 42.6 Å². The molecule has 0 atom stereocenters. The number of rotatable bonds is 12. The average Bonchev–Trinajstić information content (AvgIpc) is 3.13. The highest BCUT2D eigenvalue weighted by Crippen LogP contribution is 2.31. The molecule has 0 spiro atoms. The van der Waals surface area contributed by atoms with Crippen molar-refractivity contribution < 1.29 is 35.6 Å². The number of nitrogens with zero attached hydrogens (tertiary/aromatic N) is 5. The zero-order chi connectivity index (χ0) is 36.0. The van der Waals surface area contributed by atoms with Gasteiger partial charge in [-0.3, -0.25) is 0 Å². The van der Waals surface area contributed by atoms with Crippen LogP contribution in [-0.4, -0.2) is 57.1 Å². The Balaban J connectivity index is 1.08. The fourth-order valence-corrected chi connectivity index (χ4v) is 7.00. The standard InChI is InChI=1S/C34H32F4N8O4S/c35-24-6-9-26(10-7-24)43-30-17-19-40-33(45-30)42-20-22-3-15-29(16-4-22)51(48,49)46(50-32(47)34(36,37)38)28-13-11-25(12-14-28)41-21-27-8-5-23-2-1-18-39-31(23)44-27/h1-10,15-19,25,28,41H,11-14,20-21H2,(H2,40,42,43,45). The maximum absolute atomic E-state index is 13.7. The summed E-state index contributed by atoms with van der Waals surface area (Å²) in [5.74, 6) is -2.31. The zero-order valence-corrected chi connectivity index (χ0v) is 27.7. The largest absolute Gasteiger partial charge is 0.492 e. The second kappa shape index (κ2) is 15.3. The first-order chi connectivity index (χ1) is 24.4. The van der Waals surface area contributed by atoms with Gasteiger partial charge in [0.2, 0.25) is 5.95 Å². The lowest BCUT2D eigenvalue weighted by atomic mass is 9.91. The van der Waals surface area contributed by atoms with E-state index in [0.29, 0.717) is 42.1 Å². The lowest BCUT2D eigenvalue weighted by Crippen LogP contribution is -2.47. The maximum atomic E-state index is 13.7. The molecule has 0 unspecified atom stereocenters. The molecule has 51 heavy (non-hydrogen) atoms. The van der Waals surface area contributed by atoms with Gasteiger partial charge in [0.1, 0.15) is 11.6 Å². The summed E-state index contributed by atoms with van der Waals surface area (Å²) < 4.78 is 80.6. The van der Waals surface area contributed by atoms with Gasteiger partial charge in [-0.1, -0.05) is 12.1 Å². The van der Waals surface area contributed by atoms with Crippen molar-refractivity contribution in [1.29, 1.82) is 0 Å². The van der Waals surface area contributed by atoms with Crippen molar-refractivity contribution >= 4 is 44.5 Å². The van der Waals surface area contributed by atoms with Gasteiger partial charge in [-0.2, -0.15) is 18.2 Å². The minimum atomic E-state index is -5.41. The molecular formula is C34H32F4N8O4S. The van der Waals surface area contributed by atoms with E-state index in [-0.39, 0.29) is 46.6 Å². The van der Waals surface area contributed by atoms with Crippen molar-refractivity contribution in [2.45, 2.75) is 61.9 Å². The van der Waals surface area contributed by atoms with Gasteiger partial charge in [0.15, 0.2) is 5.65 Å². The number of sulfonamides is 1. The number of benzene rings is 2. The van der Waals surface area contributed by atoms with Gasteiger partial charge in [-0.25, -0.2) is 32.6 Å². The van der Waals surface area contributed by atoms with Crippen LogP contribution in [0.5, 0.6) is 0 Å². The van der Waals surface area contributed by atoms with Crippen LogP contribution in [0.1, 0.15) is 36.9 Å². The third-order valence-electron chi connectivity index (χ3n) is 8.17. The molecule has 0 bridgehead atoms. The zero-order valence-electron chi connectivity index (χ0n) is 26.8. The molecule has 0 amide bonds. The maximum Gasteiger partial charge on any atom is 0.492 e. The van der Waals surface area contributed by atoms with Crippen LogP contribution in [0.2, 0.25) is 0 Å². The number of fused-ring (bicyclic) bond motifs is 1. The molecule has 2 aromatic carbocycles. The number of anilines is 3. The first kappa shape index (κ1) is 35.6. The molecule has 0 saturated heterocycles. The van der Waals surface area contributed by atoms with Crippen molar-refractivity contribution in [2.75, 3.05) is 10.6 Å². The molecule has 3 N–H and O–H groups in total. The third kappa shape index (κ3) is 9.11. The SMILES string of the molecule is O=C(ON(C1CCC(NCc2ccc3cccnc3n2)CC1)S(=O)(=O)c1ccc(CNc2nccc(Nc3ccc(F)cc3)n2)cc1)C(F)(F)F. The number of alkyl halides is 3. The summed E-state index contributed by atoms with van der Waals surface area (Å²) in [5.41, 5.74) is 2.58. The molecule has 0 aliphatic heterocycles. The number of aromatic nitrogens is 4. The molecule has 0 radical (unpaired) electrons. The predicted molar refractivity (Wildman–Crippen MR) is 179 cm³/mol. The van der Waals surface area contributed by atoms with Crippen LogP contribution in [0, 0.1) is 5.82 Å². The van der Waals surface area contributed by atoms with Crippen molar-refractivity contribution in [1.82, 2.24) is 29.7 Å². The van der Waals surface area contributed by atoms with E-state index in [1.54, 1.807) is 24.4 Å². The van der Waals surface area contributed by atoms with E-state index in [2.05, 4.69) is 40.7 Å². The minimum absolute atomic E-state index is 0.0690. The lowest BCUT2D eigenvalue weighted by molar-refractivity contribution is -0.228. The van der Waals surface area contributed by atoms with Crippen molar-refractivity contribution in [3.8, 4) is 0 Å². The van der Waals surface area contributed by atoms with Gasteiger partial charge in [0.25, 0.3) is 10.0 Å². The van der Waals surface area contributed by atoms with Crippen LogP contribution in [-0.2, 0) is 32.7 Å². The summed E-state index contributed by atoms with van der Waals surface area (Å²) in [6.45, 7) is 0.591. The minimum Gasteiger partial charge on any atom is -0.350 e. The molecule has 1 aliphatic rings.